The van der Waals surface area contributed by atoms with Crippen LogP contribution in [0.15, 0.2) is 0 Å². The number of hydrogen-bond donors (Lipinski definition) is 0. The molecule has 0 spiro atoms. The molecule has 0 aromatic carbocycles. The fourth-order valence-corrected chi connectivity index (χ4v) is 0.0491. The Morgan fingerprint density at radius 2 is 1.09 bits per heavy atom. The third-order valence-electron chi connectivity index (χ3n) is 0.359. The van der Waals surface area contributed by atoms with Crippen LogP contribution < -0.4 is 0 Å². The molecule has 0 amide bonds. The van der Waals surface area contributed by atoms with Gasteiger partial charge in [0.05, 0.1) is 0 Å². The molecule has 0 aliphatic heterocycles. The van der Waals surface area contributed by atoms with Crippen molar-refractivity contribution in [3.63, 3.8) is 0 Å². The second kappa shape index (κ2) is 1.82. The maximum atomic E-state index is 11.0. The summed E-state index contributed by atoms with van der Waals surface area (Å²) in [6.45, 7) is 0. The SMILES string of the molecule is [MgH2].[O]=[Ti]([F])([F])([F])([F])([O]F)[O]F. The van der Waals surface area contributed by atoms with Crippen molar-refractivity contribution in [3.8, 4) is 0 Å². The number of hydrogen-bond acceptors (Lipinski definition) is 3. The Labute approximate surface area is 70.5 Å². The van der Waals surface area contributed by atoms with Crippen molar-refractivity contribution < 1.29 is 47.4 Å². The molecule has 11 heteroatoms. The molecule has 0 aromatic heterocycles. The van der Waals surface area contributed by atoms with E-state index in [1.54, 1.807) is 0 Å². The summed E-state index contributed by atoms with van der Waals surface area (Å²) in [4.78, 5) is 0. The van der Waals surface area contributed by atoms with Gasteiger partial charge in [0, 0.05) is 0 Å². The number of rotatable bonds is 2. The third kappa shape index (κ3) is 5.09. The molecule has 0 rings (SSSR count). The third-order valence-corrected chi connectivity index (χ3v) is 1.48. The van der Waals surface area contributed by atoms with Crippen molar-refractivity contribution in [1.82, 2.24) is 0 Å². The molecule has 0 atom stereocenters. The topological polar surface area (TPSA) is 35.5 Å². The van der Waals surface area contributed by atoms with E-state index in [9.17, 15) is 21.4 Å². The molecule has 0 saturated heterocycles. The van der Waals surface area contributed by atoms with E-state index in [-0.39, 0.29) is 23.1 Å². The van der Waals surface area contributed by atoms with E-state index in [1.807, 2.05) is 0 Å². The molecule has 3 nitrogen and oxygen atoms in total. The maximum absolute atomic E-state index is 12.4. The summed E-state index contributed by atoms with van der Waals surface area (Å²) in [6.07, 6.45) is 0. The molecule has 0 bridgehead atoms. The first kappa shape index (κ1) is 14.3. The zero-order valence-electron chi connectivity index (χ0n) is 3.99. The van der Waals surface area contributed by atoms with Crippen LogP contribution in [0.5, 0.6) is 0 Å². The molecule has 0 aliphatic carbocycles. The van der Waals surface area contributed by atoms with Gasteiger partial charge in [-0.1, -0.05) is 0 Å². The summed E-state index contributed by atoms with van der Waals surface area (Å²) >= 11 is -12.4. The molecule has 0 fully saturated rings. The fraction of sp³-hybridized carbons (Fsp3) is 0. The molecular weight excluding hydrogens is 234 g/mol. The zero-order chi connectivity index (χ0) is 8.79. The standard InChI is InChI=1S/2FO.4FH.Mg.O.Ti.2H/c2*1-2;;;;;;;;;/h;;4*1H;;;;;/q2*-1;;;;;;;+6;;/p-4. The van der Waals surface area contributed by atoms with Crippen molar-refractivity contribution in [2.75, 3.05) is 0 Å². The quantitative estimate of drug-likeness (QED) is 0.536. The zero-order valence-corrected chi connectivity index (χ0v) is 5.55. The first-order chi connectivity index (χ1) is 3.84. The van der Waals surface area contributed by atoms with Crippen molar-refractivity contribution in [3.05, 3.63) is 0 Å². The predicted octanol–water partition coefficient (Wildman–Crippen LogP) is 1.35. The van der Waals surface area contributed by atoms with E-state index in [4.69, 9.17) is 3.32 Å². The van der Waals surface area contributed by atoms with Crippen LogP contribution in [0.4, 0.5) is 21.4 Å². The Kier molecular flexibility index (Phi) is 2.37. The molecule has 68 valence electrons. The van der Waals surface area contributed by atoms with Crippen LogP contribution in [0.3, 0.4) is 0 Å². The fourth-order valence-electron chi connectivity index (χ4n) is 0.0119. The summed E-state index contributed by atoms with van der Waals surface area (Å²) in [5.74, 6) is 0. The molecule has 0 aromatic rings. The van der Waals surface area contributed by atoms with Crippen LogP contribution in [0.2, 0.25) is 0 Å². The second-order valence-corrected chi connectivity index (χ2v) is 7.25. The van der Waals surface area contributed by atoms with E-state index < -0.39 is 15.6 Å². The van der Waals surface area contributed by atoms with Crippen LogP contribution in [-0.4, -0.2) is 23.1 Å². The minimum atomic E-state index is -12.4. The summed E-state index contributed by atoms with van der Waals surface area (Å²) in [6, 6.07) is 0. The molecule has 0 heterocycles. The van der Waals surface area contributed by atoms with Crippen LogP contribution in [0.1, 0.15) is 0 Å². The van der Waals surface area contributed by atoms with Crippen LogP contribution in [0.25, 0.3) is 0 Å². The van der Waals surface area contributed by atoms with Gasteiger partial charge in [-0.2, -0.15) is 0 Å². The van der Waals surface area contributed by atoms with Gasteiger partial charge in [0.25, 0.3) is 0 Å². The van der Waals surface area contributed by atoms with Crippen molar-refractivity contribution in [2.45, 2.75) is 0 Å². The average molecular weight is 236 g/mol. The van der Waals surface area contributed by atoms with Gasteiger partial charge in [-0.25, -0.2) is 0 Å². The van der Waals surface area contributed by atoms with E-state index in [0.29, 0.717) is 7.05 Å². The molecule has 11 heavy (non-hydrogen) atoms. The molecule has 0 aliphatic rings. The van der Waals surface area contributed by atoms with Crippen molar-refractivity contribution in [2.24, 2.45) is 0 Å². The Morgan fingerprint density at radius 3 is 1.09 bits per heavy atom. The van der Waals surface area contributed by atoms with Gasteiger partial charge in [-0.05, 0) is 0 Å². The van der Waals surface area contributed by atoms with Gasteiger partial charge in [0.15, 0.2) is 0 Å². The van der Waals surface area contributed by atoms with E-state index in [0.717, 1.165) is 0 Å². The first-order valence-corrected chi connectivity index (χ1v) is 5.95. The minimum absolute atomic E-state index is 0. The number of halogens is 6. The predicted molar refractivity (Wildman–Crippen MR) is 18.0 cm³/mol. The molecule has 0 unspecified atom stereocenters. The van der Waals surface area contributed by atoms with Gasteiger partial charge < -0.3 is 0 Å². The van der Waals surface area contributed by atoms with Gasteiger partial charge >= 0.3 is 70.5 Å². The normalized spacial score (nSPS) is 21.8. The van der Waals surface area contributed by atoms with Gasteiger partial charge in [0.2, 0.25) is 0 Å². The Balaban J connectivity index is 0. The monoisotopic (exact) mass is 236 g/mol. The Bertz CT molecular complexity index is 239. The Hall–Kier alpha value is 0.781. The van der Waals surface area contributed by atoms with Gasteiger partial charge in [-0.15, -0.1) is 0 Å². The summed E-state index contributed by atoms with van der Waals surface area (Å²) in [7, 11) is 0. The van der Waals surface area contributed by atoms with E-state index in [1.165, 1.54) is 0 Å². The van der Waals surface area contributed by atoms with Gasteiger partial charge in [0.1, 0.15) is 0 Å². The first-order valence-electron chi connectivity index (χ1n) is 1.68. The molecular formula is H2F6MgO3Ti. The summed E-state index contributed by atoms with van der Waals surface area (Å²) < 4.78 is 74.7. The van der Waals surface area contributed by atoms with E-state index in [2.05, 4.69) is 0 Å². The van der Waals surface area contributed by atoms with Crippen LogP contribution in [0, 0.1) is 0 Å². The molecule has 0 radical (unpaired) electrons. The van der Waals surface area contributed by atoms with E-state index >= 15 is 0 Å². The average Bonchev–Trinajstić information content (AvgIpc) is 1.66. The second-order valence-electron chi connectivity index (χ2n) is 1.76. The van der Waals surface area contributed by atoms with Crippen LogP contribution in [-0.2, 0) is 26.0 Å². The van der Waals surface area contributed by atoms with Crippen LogP contribution >= 0.6 is 0 Å². The van der Waals surface area contributed by atoms with Crippen molar-refractivity contribution in [1.29, 1.82) is 0 Å². The molecule has 0 N–H and O–H groups in total. The summed E-state index contributed by atoms with van der Waals surface area (Å²) in [5, 5.41) is 0. The van der Waals surface area contributed by atoms with Gasteiger partial charge in [-0.3, -0.25) is 0 Å². The molecule has 0 saturated carbocycles. The Morgan fingerprint density at radius 1 is 0.909 bits per heavy atom. The summed E-state index contributed by atoms with van der Waals surface area (Å²) in [5.41, 5.74) is 0. The van der Waals surface area contributed by atoms with Crippen molar-refractivity contribution >= 4 is 23.1 Å².